The molecular formula is C14H14ClNO2S. The van der Waals surface area contributed by atoms with Crippen LogP contribution in [0.4, 0.5) is 0 Å². The van der Waals surface area contributed by atoms with Crippen LogP contribution < -0.4 is 0 Å². The van der Waals surface area contributed by atoms with Gasteiger partial charge in [-0.15, -0.1) is 11.3 Å². The molecule has 2 aromatic rings. The minimum absolute atomic E-state index is 0.280. The van der Waals surface area contributed by atoms with E-state index >= 15 is 0 Å². The summed E-state index contributed by atoms with van der Waals surface area (Å²) in [6, 6.07) is 7.32. The molecule has 0 aliphatic carbocycles. The predicted molar refractivity (Wildman–Crippen MR) is 78.2 cm³/mol. The highest BCUT2D eigenvalue weighted by Crippen LogP contribution is 2.36. The van der Waals surface area contributed by atoms with Crippen molar-refractivity contribution in [1.82, 2.24) is 4.98 Å². The van der Waals surface area contributed by atoms with Crippen LogP contribution in [-0.2, 0) is 5.41 Å². The highest BCUT2D eigenvalue weighted by molar-refractivity contribution is 7.17. The lowest BCUT2D eigenvalue weighted by Gasteiger charge is -2.16. The maximum absolute atomic E-state index is 11.3. The lowest BCUT2D eigenvalue weighted by molar-refractivity contribution is 0.0699. The van der Waals surface area contributed by atoms with Crippen LogP contribution in [0.1, 0.15) is 36.1 Å². The summed E-state index contributed by atoms with van der Waals surface area (Å²) >= 11 is 7.30. The van der Waals surface area contributed by atoms with Gasteiger partial charge in [0, 0.05) is 11.0 Å². The molecule has 0 unspecified atom stereocenters. The number of hydrogen-bond acceptors (Lipinski definition) is 3. The van der Waals surface area contributed by atoms with Crippen LogP contribution in [-0.4, -0.2) is 16.1 Å². The van der Waals surface area contributed by atoms with Crippen molar-refractivity contribution in [3.8, 4) is 10.6 Å². The van der Waals surface area contributed by atoms with Gasteiger partial charge in [0.1, 0.15) is 9.88 Å². The van der Waals surface area contributed by atoms with E-state index in [-0.39, 0.29) is 10.3 Å². The van der Waals surface area contributed by atoms with Crippen molar-refractivity contribution in [1.29, 1.82) is 0 Å². The molecule has 0 amide bonds. The number of aromatic carboxylic acids is 1. The van der Waals surface area contributed by atoms with Gasteiger partial charge in [-0.1, -0.05) is 50.6 Å². The Hall–Kier alpha value is -1.39. The zero-order valence-electron chi connectivity index (χ0n) is 10.9. The van der Waals surface area contributed by atoms with Gasteiger partial charge in [0.15, 0.2) is 0 Å². The zero-order chi connectivity index (χ0) is 14.2. The lowest BCUT2D eigenvalue weighted by Crippen LogP contribution is -2.16. The molecule has 0 atom stereocenters. The fraction of sp³-hybridized carbons (Fsp3) is 0.286. The molecule has 5 heteroatoms. The normalized spacial score (nSPS) is 11.6. The average Bonchev–Trinajstić information content (AvgIpc) is 2.74. The molecule has 1 aromatic carbocycles. The van der Waals surface area contributed by atoms with Crippen LogP contribution in [0.2, 0.25) is 5.02 Å². The van der Waals surface area contributed by atoms with Crippen molar-refractivity contribution in [2.24, 2.45) is 0 Å². The van der Waals surface area contributed by atoms with E-state index in [2.05, 4.69) is 4.98 Å². The summed E-state index contributed by atoms with van der Waals surface area (Å²) < 4.78 is 0. The number of halogens is 1. The Morgan fingerprint density at radius 3 is 2.42 bits per heavy atom. The first kappa shape index (κ1) is 14.0. The lowest BCUT2D eigenvalue weighted by atomic mass is 9.91. The summed E-state index contributed by atoms with van der Waals surface area (Å²) in [4.78, 5) is 16.1. The van der Waals surface area contributed by atoms with Crippen LogP contribution in [0.15, 0.2) is 24.3 Å². The second kappa shape index (κ2) is 4.94. The SMILES string of the molecule is CC(C)(C)c1nc(-c2ccccc2Cl)sc1C(=O)O. The number of thiazole rings is 1. The van der Waals surface area contributed by atoms with Crippen LogP contribution in [0.25, 0.3) is 10.6 Å². The highest BCUT2D eigenvalue weighted by atomic mass is 35.5. The van der Waals surface area contributed by atoms with Gasteiger partial charge in [-0.3, -0.25) is 0 Å². The monoisotopic (exact) mass is 295 g/mol. The molecular weight excluding hydrogens is 282 g/mol. The summed E-state index contributed by atoms with van der Waals surface area (Å²) in [7, 11) is 0. The first-order valence-corrected chi connectivity index (χ1v) is 6.99. The Bertz CT molecular complexity index is 629. The van der Waals surface area contributed by atoms with Crippen molar-refractivity contribution < 1.29 is 9.90 Å². The summed E-state index contributed by atoms with van der Waals surface area (Å²) in [5, 5.41) is 10.5. The summed E-state index contributed by atoms with van der Waals surface area (Å²) in [6.07, 6.45) is 0. The van der Waals surface area contributed by atoms with Crippen molar-refractivity contribution in [2.45, 2.75) is 26.2 Å². The van der Waals surface area contributed by atoms with E-state index in [9.17, 15) is 9.90 Å². The van der Waals surface area contributed by atoms with Crippen LogP contribution in [0, 0.1) is 0 Å². The second-order valence-corrected chi connectivity index (χ2v) is 6.64. The molecule has 0 saturated heterocycles. The number of rotatable bonds is 2. The van der Waals surface area contributed by atoms with E-state index in [1.807, 2.05) is 39.0 Å². The first-order valence-electron chi connectivity index (χ1n) is 5.80. The van der Waals surface area contributed by atoms with E-state index in [1.54, 1.807) is 6.07 Å². The molecule has 2 rings (SSSR count). The van der Waals surface area contributed by atoms with Crippen molar-refractivity contribution in [3.63, 3.8) is 0 Å². The Labute approximate surface area is 120 Å². The number of nitrogens with zero attached hydrogens (tertiary/aromatic N) is 1. The summed E-state index contributed by atoms with van der Waals surface area (Å²) in [5.41, 5.74) is 1.05. The van der Waals surface area contributed by atoms with E-state index < -0.39 is 5.97 Å². The molecule has 0 bridgehead atoms. The third-order valence-electron chi connectivity index (χ3n) is 2.64. The maximum atomic E-state index is 11.3. The van der Waals surface area contributed by atoms with Gasteiger partial charge in [0.05, 0.1) is 10.7 Å². The fourth-order valence-corrected chi connectivity index (χ4v) is 3.16. The summed E-state index contributed by atoms with van der Waals surface area (Å²) in [6.45, 7) is 5.85. The molecule has 0 aliphatic rings. The van der Waals surface area contributed by atoms with Crippen LogP contribution in [0.5, 0.6) is 0 Å². The van der Waals surface area contributed by atoms with Gasteiger partial charge in [-0.2, -0.15) is 0 Å². The average molecular weight is 296 g/mol. The van der Waals surface area contributed by atoms with E-state index in [0.717, 1.165) is 5.56 Å². The van der Waals surface area contributed by atoms with Gasteiger partial charge in [0.25, 0.3) is 0 Å². The molecule has 100 valence electrons. The van der Waals surface area contributed by atoms with Gasteiger partial charge in [-0.25, -0.2) is 9.78 Å². The van der Waals surface area contributed by atoms with E-state index in [1.165, 1.54) is 11.3 Å². The van der Waals surface area contributed by atoms with Gasteiger partial charge < -0.3 is 5.11 Å². The standard InChI is InChI=1S/C14H14ClNO2S/c1-14(2,3)11-10(13(17)18)19-12(16-11)8-6-4-5-7-9(8)15/h4-7H,1-3H3,(H,17,18). The Kier molecular flexibility index (Phi) is 3.65. The molecule has 3 nitrogen and oxygen atoms in total. The quantitative estimate of drug-likeness (QED) is 0.890. The molecule has 0 spiro atoms. The van der Waals surface area contributed by atoms with Crippen molar-refractivity contribution in [2.75, 3.05) is 0 Å². The van der Waals surface area contributed by atoms with Crippen LogP contribution in [0.3, 0.4) is 0 Å². The topological polar surface area (TPSA) is 50.2 Å². The molecule has 1 aromatic heterocycles. The van der Waals surface area contributed by atoms with Gasteiger partial charge >= 0.3 is 5.97 Å². The maximum Gasteiger partial charge on any atom is 0.347 e. The number of carbonyl (C=O) groups is 1. The molecule has 0 aliphatic heterocycles. The van der Waals surface area contributed by atoms with Gasteiger partial charge in [0.2, 0.25) is 0 Å². The Morgan fingerprint density at radius 1 is 1.32 bits per heavy atom. The molecule has 1 N–H and O–H groups in total. The highest BCUT2D eigenvalue weighted by Gasteiger charge is 2.27. The van der Waals surface area contributed by atoms with Crippen LogP contribution >= 0.6 is 22.9 Å². The predicted octanol–water partition coefficient (Wildman–Crippen LogP) is 4.46. The first-order chi connectivity index (χ1) is 8.80. The third-order valence-corrected chi connectivity index (χ3v) is 4.04. The Morgan fingerprint density at radius 2 is 1.95 bits per heavy atom. The van der Waals surface area contributed by atoms with Crippen molar-refractivity contribution >= 4 is 28.9 Å². The Balaban J connectivity index is 2.62. The number of carboxylic acids is 1. The smallest absolute Gasteiger partial charge is 0.347 e. The number of aromatic nitrogens is 1. The number of benzene rings is 1. The fourth-order valence-electron chi connectivity index (χ4n) is 1.72. The number of hydrogen-bond donors (Lipinski definition) is 1. The molecule has 1 heterocycles. The zero-order valence-corrected chi connectivity index (χ0v) is 12.5. The largest absolute Gasteiger partial charge is 0.477 e. The summed E-state index contributed by atoms with van der Waals surface area (Å²) in [5.74, 6) is -0.944. The second-order valence-electron chi connectivity index (χ2n) is 5.23. The minimum Gasteiger partial charge on any atom is -0.477 e. The van der Waals surface area contributed by atoms with E-state index in [4.69, 9.17) is 11.6 Å². The molecule has 0 radical (unpaired) electrons. The third kappa shape index (κ3) is 2.80. The molecule has 0 saturated carbocycles. The molecule has 19 heavy (non-hydrogen) atoms. The van der Waals surface area contributed by atoms with Crippen molar-refractivity contribution in [3.05, 3.63) is 39.9 Å². The van der Waals surface area contributed by atoms with E-state index in [0.29, 0.717) is 15.7 Å². The minimum atomic E-state index is -0.944. The molecule has 0 fully saturated rings. The van der Waals surface area contributed by atoms with Gasteiger partial charge in [-0.05, 0) is 6.07 Å². The number of carboxylic acid groups (broad SMARTS) is 1.